The molecule has 0 aromatic rings. The molecular formula is C12H26N2O4S. The number of sulfonamides is 1. The third-order valence-corrected chi connectivity index (χ3v) is 4.70. The minimum absolute atomic E-state index is 0.328. The number of primary sulfonamides is 1. The van der Waals surface area contributed by atoms with Crippen molar-refractivity contribution < 1.29 is 18.3 Å². The van der Waals surface area contributed by atoms with Crippen molar-refractivity contribution in [1.29, 1.82) is 0 Å². The van der Waals surface area contributed by atoms with Crippen LogP contribution in [0.15, 0.2) is 0 Å². The summed E-state index contributed by atoms with van der Waals surface area (Å²) in [6.07, 6.45) is 3.32. The average Bonchev–Trinajstić information content (AvgIpc) is 2.90. The van der Waals surface area contributed by atoms with Gasteiger partial charge in [0.25, 0.3) is 0 Å². The van der Waals surface area contributed by atoms with Crippen molar-refractivity contribution in [2.75, 3.05) is 0 Å². The normalized spacial score (nSPS) is 17.1. The Kier molecular flexibility index (Phi) is 6.28. The van der Waals surface area contributed by atoms with Crippen LogP contribution >= 0.6 is 0 Å². The van der Waals surface area contributed by atoms with Gasteiger partial charge in [0.2, 0.25) is 10.0 Å². The second kappa shape index (κ2) is 6.56. The lowest BCUT2D eigenvalue weighted by Gasteiger charge is -2.16. The Morgan fingerprint density at radius 3 is 2.00 bits per heavy atom. The van der Waals surface area contributed by atoms with Crippen LogP contribution in [0.1, 0.15) is 59.8 Å². The first-order chi connectivity index (χ1) is 8.43. The lowest BCUT2D eigenvalue weighted by molar-refractivity contribution is 0.184. The van der Waals surface area contributed by atoms with E-state index in [1.165, 1.54) is 0 Å². The molecule has 1 aliphatic carbocycles. The Hall–Kier alpha value is -0.820. The van der Waals surface area contributed by atoms with Crippen molar-refractivity contribution in [3.63, 3.8) is 0 Å². The molecule has 0 bridgehead atoms. The van der Waals surface area contributed by atoms with Gasteiger partial charge in [-0.2, -0.15) is 0 Å². The number of nitrogens with one attached hydrogen (secondary N) is 1. The topological polar surface area (TPSA) is 109 Å². The van der Waals surface area contributed by atoms with E-state index in [0.29, 0.717) is 0 Å². The molecule has 0 heterocycles. The van der Waals surface area contributed by atoms with E-state index in [0.717, 1.165) is 32.1 Å². The van der Waals surface area contributed by atoms with Crippen molar-refractivity contribution in [2.45, 2.75) is 70.1 Å². The first-order valence-corrected chi connectivity index (χ1v) is 8.01. The van der Waals surface area contributed by atoms with Crippen LogP contribution in [0.3, 0.4) is 0 Å². The van der Waals surface area contributed by atoms with Gasteiger partial charge in [-0.3, -0.25) is 0 Å². The highest BCUT2D eigenvalue weighted by atomic mass is 32.2. The summed E-state index contributed by atoms with van der Waals surface area (Å²) in [6, 6.07) is 0. The zero-order chi connectivity index (χ0) is 15.3. The molecule has 4 N–H and O–H groups in total. The lowest BCUT2D eigenvalue weighted by Crippen LogP contribution is -2.39. The number of hydrogen-bond donors (Lipinski definition) is 3. The van der Waals surface area contributed by atoms with Gasteiger partial charge < -0.3 is 10.4 Å². The summed E-state index contributed by atoms with van der Waals surface area (Å²) >= 11 is 0. The van der Waals surface area contributed by atoms with Gasteiger partial charge in [-0.15, -0.1) is 0 Å². The summed E-state index contributed by atoms with van der Waals surface area (Å²) in [5, 5.41) is 15.5. The van der Waals surface area contributed by atoms with E-state index in [2.05, 4.69) is 12.2 Å². The number of hydrogen-bond acceptors (Lipinski definition) is 3. The maximum absolute atomic E-state index is 11.0. The van der Waals surface area contributed by atoms with Crippen LogP contribution in [0.25, 0.3) is 0 Å². The van der Waals surface area contributed by atoms with E-state index < -0.39 is 20.9 Å². The monoisotopic (exact) mass is 294 g/mol. The molecule has 0 aliphatic heterocycles. The van der Waals surface area contributed by atoms with Gasteiger partial charge in [-0.05, 0) is 40.0 Å². The van der Waals surface area contributed by atoms with Crippen LogP contribution in [0.2, 0.25) is 0 Å². The van der Waals surface area contributed by atoms with Gasteiger partial charge in [0.05, 0.1) is 4.75 Å². The van der Waals surface area contributed by atoms with Gasteiger partial charge in [-0.1, -0.05) is 19.8 Å². The molecule has 1 rings (SSSR count). The zero-order valence-corrected chi connectivity index (χ0v) is 13.0. The number of carboxylic acid groups (broad SMARTS) is 1. The highest BCUT2D eigenvalue weighted by Gasteiger charge is 2.51. The fraction of sp³-hybridized carbons (Fsp3) is 0.917. The Morgan fingerprint density at radius 2 is 1.84 bits per heavy atom. The predicted molar refractivity (Wildman–Crippen MR) is 75.5 cm³/mol. The molecule has 0 radical (unpaired) electrons. The van der Waals surface area contributed by atoms with Gasteiger partial charge in [0, 0.05) is 5.54 Å². The van der Waals surface area contributed by atoms with Crippen molar-refractivity contribution in [2.24, 2.45) is 5.14 Å². The van der Waals surface area contributed by atoms with E-state index in [4.69, 9.17) is 10.2 Å². The molecule has 1 aliphatic rings. The molecule has 114 valence electrons. The van der Waals surface area contributed by atoms with Gasteiger partial charge in [0.1, 0.15) is 0 Å². The SMILES string of the molecule is CC(C)(C)NC(=O)O.CCCCC1(S(N)(=O)=O)CC1. The fourth-order valence-corrected chi connectivity index (χ4v) is 2.74. The van der Waals surface area contributed by atoms with E-state index >= 15 is 0 Å². The number of carbonyl (C=O) groups is 1. The first-order valence-electron chi connectivity index (χ1n) is 6.47. The second-order valence-corrected chi connectivity index (χ2v) is 7.97. The summed E-state index contributed by atoms with van der Waals surface area (Å²) in [4.78, 5) is 9.90. The third-order valence-electron chi connectivity index (χ3n) is 2.88. The van der Waals surface area contributed by atoms with Crippen LogP contribution in [0.4, 0.5) is 4.79 Å². The molecule has 1 amide bonds. The van der Waals surface area contributed by atoms with Crippen molar-refractivity contribution >= 4 is 16.1 Å². The molecule has 0 aromatic carbocycles. The zero-order valence-electron chi connectivity index (χ0n) is 12.2. The summed E-state index contributed by atoms with van der Waals surface area (Å²) in [5.74, 6) is 0. The third kappa shape index (κ3) is 7.37. The number of nitrogens with two attached hydrogens (primary N) is 1. The molecular weight excluding hydrogens is 268 g/mol. The molecule has 0 spiro atoms. The molecule has 6 nitrogen and oxygen atoms in total. The van der Waals surface area contributed by atoms with Crippen LogP contribution in [-0.2, 0) is 10.0 Å². The summed E-state index contributed by atoms with van der Waals surface area (Å²) < 4.78 is 21.5. The quantitative estimate of drug-likeness (QED) is 0.737. The smallest absolute Gasteiger partial charge is 0.405 e. The Balaban J connectivity index is 0.000000362. The Morgan fingerprint density at radius 1 is 1.37 bits per heavy atom. The van der Waals surface area contributed by atoms with Crippen molar-refractivity contribution in [3.05, 3.63) is 0 Å². The largest absolute Gasteiger partial charge is 0.465 e. The summed E-state index contributed by atoms with van der Waals surface area (Å²) in [6.45, 7) is 7.43. The molecule has 0 aromatic heterocycles. The molecule has 1 saturated carbocycles. The lowest BCUT2D eigenvalue weighted by atomic mass is 10.1. The highest BCUT2D eigenvalue weighted by Crippen LogP contribution is 2.46. The van der Waals surface area contributed by atoms with Crippen LogP contribution in [0.5, 0.6) is 0 Å². The summed E-state index contributed by atoms with van der Waals surface area (Å²) in [5.41, 5.74) is -0.328. The minimum atomic E-state index is -3.26. The van der Waals surface area contributed by atoms with Gasteiger partial charge in [0.15, 0.2) is 0 Å². The van der Waals surface area contributed by atoms with Crippen molar-refractivity contribution in [1.82, 2.24) is 5.32 Å². The first kappa shape index (κ1) is 18.2. The maximum atomic E-state index is 11.0. The van der Waals surface area contributed by atoms with Crippen LogP contribution < -0.4 is 10.5 Å². The molecule has 0 unspecified atom stereocenters. The van der Waals surface area contributed by atoms with Crippen LogP contribution in [-0.4, -0.2) is 29.9 Å². The van der Waals surface area contributed by atoms with Gasteiger partial charge >= 0.3 is 6.09 Å². The molecule has 0 saturated heterocycles. The van der Waals surface area contributed by atoms with Crippen LogP contribution in [0, 0.1) is 0 Å². The maximum Gasteiger partial charge on any atom is 0.405 e. The summed E-state index contributed by atoms with van der Waals surface area (Å²) in [7, 11) is -3.26. The fourth-order valence-electron chi connectivity index (χ4n) is 1.64. The number of amides is 1. The molecule has 19 heavy (non-hydrogen) atoms. The van der Waals surface area contributed by atoms with E-state index in [9.17, 15) is 13.2 Å². The van der Waals surface area contributed by atoms with Gasteiger partial charge in [-0.25, -0.2) is 18.4 Å². The average molecular weight is 294 g/mol. The molecule has 1 fully saturated rings. The van der Waals surface area contributed by atoms with Crippen molar-refractivity contribution in [3.8, 4) is 0 Å². The van der Waals surface area contributed by atoms with E-state index in [1.807, 2.05) is 0 Å². The standard InChI is InChI=1S/C7H15NO2S.C5H11NO2/c1-2-3-4-7(5-6-7)11(8,9)10;1-5(2,3)6-4(7)8/h2-6H2,1H3,(H2,8,9,10);6H,1-3H3,(H,7,8). The van der Waals surface area contributed by atoms with E-state index in [-0.39, 0.29) is 5.54 Å². The minimum Gasteiger partial charge on any atom is -0.465 e. The van der Waals surface area contributed by atoms with E-state index in [1.54, 1.807) is 20.8 Å². The molecule has 7 heteroatoms. The number of unbranched alkanes of at least 4 members (excludes halogenated alkanes) is 1. The predicted octanol–water partition coefficient (Wildman–Crippen LogP) is 2.05. The molecule has 0 atom stereocenters. The highest BCUT2D eigenvalue weighted by molar-refractivity contribution is 7.90. The Labute approximate surface area is 115 Å². The Bertz CT molecular complexity index is 394. The second-order valence-electron chi connectivity index (χ2n) is 6.01. The number of rotatable bonds is 4.